The molecular weight excluding hydrogens is 1160 g/mol. The average Bonchev–Trinajstić information content (AvgIpc) is 2.14. The third-order valence-electron chi connectivity index (χ3n) is 16.8. The van der Waals surface area contributed by atoms with Crippen molar-refractivity contribution in [2.75, 3.05) is 47.5 Å². The molecule has 0 rings (SSSR count). The van der Waals surface area contributed by atoms with Crippen molar-refractivity contribution in [3.8, 4) is 0 Å². The molecule has 92 heavy (non-hydrogen) atoms. The number of allylic oxidation sites excluding steroid dienone is 18. The first-order valence-corrected chi connectivity index (χ1v) is 40.1. The fourth-order valence-electron chi connectivity index (χ4n) is 11.0. The van der Waals surface area contributed by atoms with Crippen molar-refractivity contribution >= 4 is 19.8 Å². The second-order valence-electron chi connectivity index (χ2n) is 27.0. The van der Waals surface area contributed by atoms with Crippen LogP contribution in [-0.2, 0) is 32.7 Å². The lowest BCUT2D eigenvalue weighted by Crippen LogP contribution is -2.37. The van der Waals surface area contributed by atoms with Gasteiger partial charge in [0.15, 0.2) is 6.10 Å². The van der Waals surface area contributed by atoms with Gasteiger partial charge in [0.2, 0.25) is 0 Å². The molecule has 0 amide bonds. The number of nitrogens with zero attached hydrogens (tertiary/aromatic N) is 1. The molecule has 2 atom stereocenters. The molecule has 0 bridgehead atoms. The van der Waals surface area contributed by atoms with Crippen molar-refractivity contribution in [3.05, 3.63) is 109 Å². The summed E-state index contributed by atoms with van der Waals surface area (Å²) < 4.78 is 34.8. The molecule has 0 aliphatic heterocycles. The quantitative estimate of drug-likeness (QED) is 0.0211. The largest absolute Gasteiger partial charge is 0.472 e. The van der Waals surface area contributed by atoms with E-state index in [0.29, 0.717) is 17.4 Å². The van der Waals surface area contributed by atoms with E-state index in [1.807, 2.05) is 21.1 Å². The van der Waals surface area contributed by atoms with E-state index in [-0.39, 0.29) is 32.0 Å². The van der Waals surface area contributed by atoms with Gasteiger partial charge in [0.1, 0.15) is 19.8 Å². The standard InChI is InChI=1S/C82H146NO8P/c1-6-8-10-12-14-16-18-20-22-24-26-28-30-32-34-36-38-40-41-43-45-47-49-51-53-55-57-59-61-63-65-67-69-71-73-75-82(85)91-80(79-90-92(86,87)89-77-76-83(3,4)5)78-88-81(84)74-72-70-68-66-64-62-60-58-56-54-52-50-48-46-44-42-39-37-35-33-31-29-27-25-23-21-19-17-15-13-11-9-7-2/h8-11,14-17,20-23,26-29,32,34,80H,6-7,12-13,18-19,24-25,30-31,33,35-79H2,1-5H3/p+1/b10-8-,11-9-,16-14-,17-15-,22-20-,23-21-,28-26-,29-27-,34-32-. The van der Waals surface area contributed by atoms with E-state index in [0.717, 1.165) is 89.9 Å². The number of phosphoric ester groups is 1. The minimum absolute atomic E-state index is 0.0310. The molecule has 1 N–H and O–H groups in total. The molecule has 0 radical (unpaired) electrons. The number of hydrogen-bond acceptors (Lipinski definition) is 7. The minimum Gasteiger partial charge on any atom is -0.462 e. The SMILES string of the molecule is CC/C=C\C/C=C\C/C=C\C/C=C\C/C=C\CCCCCCCCCCCCCCCCCCCCCC(=O)OC(COC(=O)CCCCCCCCCCCCCCCCCCCCCC/C=C\C/C=C\C/C=C\C/C=C\CC)COP(=O)(O)OCC[N+](C)(C)C. The number of hydrogen-bond donors (Lipinski definition) is 1. The molecule has 0 heterocycles. The predicted octanol–water partition coefficient (Wildman–Crippen LogP) is 25.6. The van der Waals surface area contributed by atoms with Crippen molar-refractivity contribution in [3.63, 3.8) is 0 Å². The molecule has 0 aromatic rings. The lowest BCUT2D eigenvalue weighted by molar-refractivity contribution is -0.870. The van der Waals surface area contributed by atoms with Crippen LogP contribution in [-0.4, -0.2) is 74.9 Å². The summed E-state index contributed by atoms with van der Waals surface area (Å²) in [4.78, 5) is 36.0. The summed E-state index contributed by atoms with van der Waals surface area (Å²) in [7, 11) is 1.49. The van der Waals surface area contributed by atoms with Crippen LogP contribution in [0.2, 0.25) is 0 Å². The summed E-state index contributed by atoms with van der Waals surface area (Å²) in [6.45, 7) is 4.25. The van der Waals surface area contributed by atoms with Gasteiger partial charge in [-0.3, -0.25) is 18.6 Å². The number of rotatable bonds is 71. The van der Waals surface area contributed by atoms with E-state index in [4.69, 9.17) is 18.5 Å². The van der Waals surface area contributed by atoms with Gasteiger partial charge in [0.05, 0.1) is 27.7 Å². The molecule has 0 aliphatic carbocycles. The first kappa shape index (κ1) is 88.7. The third-order valence-corrected chi connectivity index (χ3v) is 17.8. The normalized spacial score (nSPS) is 13.7. The molecule has 0 saturated carbocycles. The number of quaternary nitrogens is 1. The van der Waals surface area contributed by atoms with Gasteiger partial charge >= 0.3 is 19.8 Å². The van der Waals surface area contributed by atoms with Gasteiger partial charge in [-0.15, -0.1) is 0 Å². The number of ether oxygens (including phenoxy) is 2. The average molecular weight is 1310 g/mol. The van der Waals surface area contributed by atoms with E-state index in [9.17, 15) is 19.0 Å². The molecule has 0 aliphatic rings. The molecule has 9 nitrogen and oxygen atoms in total. The van der Waals surface area contributed by atoms with Crippen LogP contribution in [0, 0.1) is 0 Å². The van der Waals surface area contributed by atoms with Gasteiger partial charge in [-0.1, -0.05) is 348 Å². The van der Waals surface area contributed by atoms with Gasteiger partial charge in [0.25, 0.3) is 0 Å². The zero-order valence-corrected chi connectivity index (χ0v) is 61.7. The first-order valence-electron chi connectivity index (χ1n) is 38.6. The monoisotopic (exact) mass is 1310 g/mol. The number of likely N-dealkylation sites (N-methyl/N-ethyl adjacent to an activating group) is 1. The van der Waals surface area contributed by atoms with Gasteiger partial charge in [-0.05, 0) is 96.3 Å². The number of esters is 2. The van der Waals surface area contributed by atoms with Crippen molar-refractivity contribution in [1.29, 1.82) is 0 Å². The van der Waals surface area contributed by atoms with Crippen LogP contribution in [0.5, 0.6) is 0 Å². The second-order valence-corrected chi connectivity index (χ2v) is 28.4. The molecule has 0 spiro atoms. The Labute approximate surface area is 569 Å². The minimum atomic E-state index is -4.40. The van der Waals surface area contributed by atoms with Crippen LogP contribution >= 0.6 is 7.82 Å². The van der Waals surface area contributed by atoms with E-state index in [1.54, 1.807) is 0 Å². The zero-order chi connectivity index (χ0) is 66.9. The molecular formula is C82H147NO8P+. The van der Waals surface area contributed by atoms with Crippen LogP contribution in [0.25, 0.3) is 0 Å². The Hall–Kier alpha value is -3.33. The number of phosphoric acid groups is 1. The highest BCUT2D eigenvalue weighted by Gasteiger charge is 2.27. The molecule has 10 heteroatoms. The number of carbonyl (C=O) groups excluding carboxylic acids is 2. The lowest BCUT2D eigenvalue weighted by Gasteiger charge is -2.24. The Morgan fingerprint density at radius 1 is 0.337 bits per heavy atom. The van der Waals surface area contributed by atoms with Crippen LogP contribution < -0.4 is 0 Å². The Balaban J connectivity index is 3.96. The highest BCUT2D eigenvalue weighted by Crippen LogP contribution is 2.43. The van der Waals surface area contributed by atoms with Crippen LogP contribution in [0.3, 0.4) is 0 Å². The van der Waals surface area contributed by atoms with Crippen molar-refractivity contribution in [2.24, 2.45) is 0 Å². The molecule has 0 saturated heterocycles. The van der Waals surface area contributed by atoms with Crippen molar-refractivity contribution in [2.45, 2.75) is 354 Å². The van der Waals surface area contributed by atoms with Gasteiger partial charge in [-0.25, -0.2) is 4.57 Å². The summed E-state index contributed by atoms with van der Waals surface area (Å²) in [5.41, 5.74) is 0. The smallest absolute Gasteiger partial charge is 0.462 e. The van der Waals surface area contributed by atoms with Crippen LogP contribution in [0.1, 0.15) is 348 Å². The van der Waals surface area contributed by atoms with Gasteiger partial charge in [0, 0.05) is 12.8 Å². The Morgan fingerprint density at radius 2 is 0.587 bits per heavy atom. The molecule has 532 valence electrons. The summed E-state index contributed by atoms with van der Waals surface area (Å²) in [6, 6.07) is 0. The van der Waals surface area contributed by atoms with Crippen molar-refractivity contribution < 1.29 is 42.1 Å². The highest BCUT2D eigenvalue weighted by molar-refractivity contribution is 7.47. The second kappa shape index (κ2) is 72.0. The molecule has 0 aromatic heterocycles. The summed E-state index contributed by atoms with van der Waals surface area (Å²) in [5.74, 6) is -0.782. The third kappa shape index (κ3) is 75.7. The molecule has 2 unspecified atom stereocenters. The van der Waals surface area contributed by atoms with Gasteiger partial charge < -0.3 is 18.9 Å². The van der Waals surface area contributed by atoms with Crippen molar-refractivity contribution in [1.82, 2.24) is 0 Å². The lowest BCUT2D eigenvalue weighted by atomic mass is 10.0. The summed E-state index contributed by atoms with van der Waals surface area (Å²) in [5, 5.41) is 0. The van der Waals surface area contributed by atoms with E-state index in [1.165, 1.54) is 225 Å². The maximum Gasteiger partial charge on any atom is 0.472 e. The number of carbonyl (C=O) groups is 2. The highest BCUT2D eigenvalue weighted by atomic mass is 31.2. The summed E-state index contributed by atoms with van der Waals surface area (Å²) in [6.07, 6.45) is 102. The topological polar surface area (TPSA) is 108 Å². The van der Waals surface area contributed by atoms with E-state index in [2.05, 4.69) is 123 Å². The van der Waals surface area contributed by atoms with E-state index < -0.39 is 26.5 Å². The molecule has 0 aromatic carbocycles. The Bertz CT molecular complexity index is 1920. The van der Waals surface area contributed by atoms with E-state index >= 15 is 0 Å². The first-order chi connectivity index (χ1) is 45.0. The Morgan fingerprint density at radius 3 is 0.870 bits per heavy atom. The van der Waals surface area contributed by atoms with Crippen LogP contribution in [0.4, 0.5) is 0 Å². The maximum atomic E-state index is 12.9. The fraction of sp³-hybridized carbons (Fsp3) is 0.756. The Kier molecular flexibility index (Phi) is 69.3. The zero-order valence-electron chi connectivity index (χ0n) is 60.8. The summed E-state index contributed by atoms with van der Waals surface area (Å²) >= 11 is 0. The molecule has 0 fully saturated rings. The predicted molar refractivity (Wildman–Crippen MR) is 399 cm³/mol. The fourth-order valence-corrected chi connectivity index (χ4v) is 11.7. The number of unbranched alkanes of at least 4 members (excludes halogenated alkanes) is 39. The van der Waals surface area contributed by atoms with Crippen LogP contribution in [0.15, 0.2) is 109 Å². The maximum absolute atomic E-state index is 12.9. The van der Waals surface area contributed by atoms with Gasteiger partial charge in [-0.2, -0.15) is 0 Å².